The Hall–Kier alpha value is -2.40. The molecule has 0 radical (unpaired) electrons. The van der Waals surface area contributed by atoms with E-state index in [0.29, 0.717) is 6.61 Å². The van der Waals surface area contributed by atoms with Crippen LogP contribution in [0.3, 0.4) is 0 Å². The third-order valence-electron chi connectivity index (χ3n) is 6.99. The number of amides is 1. The van der Waals surface area contributed by atoms with Crippen LogP contribution >= 0.6 is 0 Å². The normalized spacial score (nSPS) is 18.8. The maximum Gasteiger partial charge on any atom is 0.235 e. The summed E-state index contributed by atoms with van der Waals surface area (Å²) in [6.45, 7) is 4.23. The van der Waals surface area contributed by atoms with Crippen LogP contribution in [0.5, 0.6) is 5.75 Å². The highest BCUT2D eigenvalue weighted by Crippen LogP contribution is 2.42. The molecule has 2 aromatic carbocycles. The number of rotatable bonds is 8. The fourth-order valence-corrected chi connectivity index (χ4v) is 5.12. The van der Waals surface area contributed by atoms with Crippen LogP contribution in [-0.2, 0) is 10.2 Å². The van der Waals surface area contributed by atoms with Gasteiger partial charge in [-0.1, -0.05) is 37.8 Å². The van der Waals surface area contributed by atoms with Crippen molar-refractivity contribution in [2.45, 2.75) is 63.2 Å². The lowest BCUT2D eigenvalue weighted by Crippen LogP contribution is -2.38. The highest BCUT2D eigenvalue weighted by molar-refractivity contribution is 5.99. The minimum absolute atomic E-state index is 0.00673. The molecule has 1 aliphatic heterocycles. The number of nitrogens with zero attached hydrogens (tertiary/aromatic N) is 1. The molecule has 0 atom stereocenters. The van der Waals surface area contributed by atoms with Gasteiger partial charge in [-0.25, -0.2) is 4.39 Å². The molecule has 172 valence electrons. The van der Waals surface area contributed by atoms with Crippen molar-refractivity contribution in [3.63, 3.8) is 0 Å². The SMILES string of the molecule is O=C(Nc1ccc(OCCCN2CCCCCC2)cc1)C1(c2ccc(F)cc2)CCCC1. The zero-order valence-electron chi connectivity index (χ0n) is 19.0. The van der Waals surface area contributed by atoms with Gasteiger partial charge in [-0.2, -0.15) is 0 Å². The Morgan fingerprint density at radius 2 is 1.56 bits per heavy atom. The topological polar surface area (TPSA) is 41.6 Å². The lowest BCUT2D eigenvalue weighted by atomic mass is 9.78. The number of ether oxygens (including phenoxy) is 1. The Balaban J connectivity index is 1.29. The highest BCUT2D eigenvalue weighted by Gasteiger charge is 2.42. The second-order valence-electron chi connectivity index (χ2n) is 9.23. The van der Waals surface area contributed by atoms with Crippen LogP contribution in [0.1, 0.15) is 63.4 Å². The molecule has 0 bridgehead atoms. The van der Waals surface area contributed by atoms with Crippen molar-refractivity contribution in [2.75, 3.05) is 31.6 Å². The molecule has 5 heteroatoms. The molecule has 0 spiro atoms. The monoisotopic (exact) mass is 438 g/mol. The molecule has 0 aromatic heterocycles. The molecule has 4 nitrogen and oxygen atoms in total. The van der Waals surface area contributed by atoms with E-state index in [2.05, 4.69) is 10.2 Å². The Morgan fingerprint density at radius 3 is 2.22 bits per heavy atom. The van der Waals surface area contributed by atoms with Crippen LogP contribution in [0.2, 0.25) is 0 Å². The van der Waals surface area contributed by atoms with E-state index in [0.717, 1.165) is 55.6 Å². The number of likely N-dealkylation sites (tertiary alicyclic amines) is 1. The van der Waals surface area contributed by atoms with Gasteiger partial charge >= 0.3 is 0 Å². The van der Waals surface area contributed by atoms with Crippen molar-refractivity contribution in [1.82, 2.24) is 4.90 Å². The van der Waals surface area contributed by atoms with E-state index in [9.17, 15) is 9.18 Å². The first kappa shape index (κ1) is 22.8. The molecular formula is C27H35FN2O2. The van der Waals surface area contributed by atoms with Crippen LogP contribution in [-0.4, -0.2) is 37.0 Å². The molecule has 1 aliphatic carbocycles. The summed E-state index contributed by atoms with van der Waals surface area (Å²) in [7, 11) is 0. The molecule has 2 fully saturated rings. The fourth-order valence-electron chi connectivity index (χ4n) is 5.12. The second kappa shape index (κ2) is 11.0. The fraction of sp³-hybridized carbons (Fsp3) is 0.519. The summed E-state index contributed by atoms with van der Waals surface area (Å²) < 4.78 is 19.3. The minimum atomic E-state index is -0.573. The first-order valence-corrected chi connectivity index (χ1v) is 12.2. The van der Waals surface area contributed by atoms with Crippen LogP contribution in [0.4, 0.5) is 10.1 Å². The molecule has 0 unspecified atom stereocenters. The predicted octanol–water partition coefficient (Wildman–Crippen LogP) is 5.92. The molecule has 1 heterocycles. The first-order valence-electron chi connectivity index (χ1n) is 12.2. The van der Waals surface area contributed by atoms with Gasteiger partial charge < -0.3 is 15.0 Å². The number of hydrogen-bond acceptors (Lipinski definition) is 3. The molecular weight excluding hydrogens is 403 g/mol. The lowest BCUT2D eigenvalue weighted by molar-refractivity contribution is -0.121. The molecule has 1 saturated carbocycles. The van der Waals surface area contributed by atoms with Gasteiger partial charge in [0.15, 0.2) is 0 Å². The van der Waals surface area contributed by atoms with Gasteiger partial charge in [-0.15, -0.1) is 0 Å². The van der Waals surface area contributed by atoms with Crippen molar-refractivity contribution < 1.29 is 13.9 Å². The second-order valence-corrected chi connectivity index (χ2v) is 9.23. The van der Waals surface area contributed by atoms with E-state index in [4.69, 9.17) is 4.74 Å². The average Bonchev–Trinajstić information content (AvgIpc) is 3.17. The maximum atomic E-state index is 13.4. The van der Waals surface area contributed by atoms with E-state index >= 15 is 0 Å². The van der Waals surface area contributed by atoms with E-state index in [1.807, 2.05) is 24.3 Å². The van der Waals surface area contributed by atoms with Gasteiger partial charge in [0.2, 0.25) is 5.91 Å². The predicted molar refractivity (Wildman–Crippen MR) is 127 cm³/mol. The molecule has 4 rings (SSSR count). The number of benzene rings is 2. The standard InChI is InChI=1S/C27H35FN2O2/c28-23-10-8-22(9-11-23)27(16-3-4-17-27)26(31)29-24-12-14-25(15-13-24)32-21-7-20-30-18-5-1-2-6-19-30/h8-15H,1-7,16-21H2,(H,29,31). The third kappa shape index (κ3) is 5.69. The van der Waals surface area contributed by atoms with Crippen LogP contribution < -0.4 is 10.1 Å². The van der Waals surface area contributed by atoms with Crippen LogP contribution in [0.15, 0.2) is 48.5 Å². The Labute approximate surface area is 191 Å². The number of hydrogen-bond donors (Lipinski definition) is 1. The van der Waals surface area contributed by atoms with Gasteiger partial charge in [-0.3, -0.25) is 4.79 Å². The zero-order chi connectivity index (χ0) is 22.2. The van der Waals surface area contributed by atoms with E-state index in [-0.39, 0.29) is 11.7 Å². The summed E-state index contributed by atoms with van der Waals surface area (Å²) in [5.74, 6) is 0.546. The molecule has 1 amide bonds. The van der Waals surface area contributed by atoms with Gasteiger partial charge in [0.05, 0.1) is 12.0 Å². The summed E-state index contributed by atoms with van der Waals surface area (Å²) in [5.41, 5.74) is 1.09. The van der Waals surface area contributed by atoms with Crippen molar-refractivity contribution in [1.29, 1.82) is 0 Å². The van der Waals surface area contributed by atoms with Crippen molar-refractivity contribution in [3.05, 3.63) is 59.9 Å². The number of carbonyl (C=O) groups is 1. The summed E-state index contributed by atoms with van der Waals surface area (Å²) in [5, 5.41) is 3.09. The maximum absolute atomic E-state index is 13.4. The first-order chi connectivity index (χ1) is 15.7. The summed E-state index contributed by atoms with van der Waals surface area (Å²) >= 11 is 0. The molecule has 1 saturated heterocycles. The number of carbonyl (C=O) groups excluding carboxylic acids is 1. The highest BCUT2D eigenvalue weighted by atomic mass is 19.1. The molecule has 1 N–H and O–H groups in total. The Morgan fingerprint density at radius 1 is 0.906 bits per heavy atom. The zero-order valence-corrected chi connectivity index (χ0v) is 19.0. The molecule has 32 heavy (non-hydrogen) atoms. The quantitative estimate of drug-likeness (QED) is 0.520. The van der Waals surface area contributed by atoms with Crippen LogP contribution in [0.25, 0.3) is 0 Å². The van der Waals surface area contributed by atoms with E-state index in [1.54, 1.807) is 12.1 Å². The molecule has 2 aromatic rings. The number of halogens is 1. The van der Waals surface area contributed by atoms with Crippen molar-refractivity contribution >= 4 is 11.6 Å². The third-order valence-corrected chi connectivity index (χ3v) is 6.99. The van der Waals surface area contributed by atoms with Gasteiger partial charge in [0.25, 0.3) is 0 Å². The van der Waals surface area contributed by atoms with Gasteiger partial charge in [0.1, 0.15) is 11.6 Å². The number of nitrogens with one attached hydrogen (secondary N) is 1. The van der Waals surface area contributed by atoms with Crippen molar-refractivity contribution in [2.24, 2.45) is 0 Å². The largest absolute Gasteiger partial charge is 0.494 e. The number of anilines is 1. The summed E-state index contributed by atoms with van der Waals surface area (Å²) in [4.78, 5) is 15.8. The Bertz CT molecular complexity index is 852. The Kier molecular flexibility index (Phi) is 7.80. The lowest BCUT2D eigenvalue weighted by Gasteiger charge is -2.28. The summed E-state index contributed by atoms with van der Waals surface area (Å²) in [6.07, 6.45) is 9.99. The van der Waals surface area contributed by atoms with Gasteiger partial charge in [-0.05, 0) is 87.2 Å². The van der Waals surface area contributed by atoms with E-state index < -0.39 is 5.41 Å². The average molecular weight is 439 g/mol. The summed E-state index contributed by atoms with van der Waals surface area (Å²) in [6, 6.07) is 14.0. The molecule has 2 aliphatic rings. The van der Waals surface area contributed by atoms with Crippen LogP contribution in [0, 0.1) is 5.82 Å². The smallest absolute Gasteiger partial charge is 0.235 e. The minimum Gasteiger partial charge on any atom is -0.494 e. The van der Waals surface area contributed by atoms with E-state index in [1.165, 1.54) is 50.9 Å². The van der Waals surface area contributed by atoms with Crippen molar-refractivity contribution in [3.8, 4) is 5.75 Å². The van der Waals surface area contributed by atoms with Gasteiger partial charge in [0, 0.05) is 12.2 Å².